The summed E-state index contributed by atoms with van der Waals surface area (Å²) in [4.78, 5) is 31.1. The molecule has 1 amide bonds. The minimum atomic E-state index is -4.55. The van der Waals surface area contributed by atoms with Crippen LogP contribution in [-0.2, 0) is 30.4 Å². The first-order valence-corrected chi connectivity index (χ1v) is 16.6. The Morgan fingerprint density at radius 1 is 1.07 bits per heavy atom. The van der Waals surface area contributed by atoms with Crippen LogP contribution in [0, 0.1) is 5.92 Å². The van der Waals surface area contributed by atoms with Crippen molar-refractivity contribution in [3.63, 3.8) is 0 Å². The van der Waals surface area contributed by atoms with Gasteiger partial charge in [-0.1, -0.05) is 26.0 Å². The number of amides is 1. The molecule has 0 unspecified atom stereocenters. The topological polar surface area (TPSA) is 100 Å². The number of aromatic carboxylic acids is 1. The second-order valence-corrected chi connectivity index (χ2v) is 12.8. The number of alkyl halides is 3. The number of likely N-dealkylation sites (tertiary alicyclic amines) is 1. The number of carbonyl (C=O) groups is 2. The number of benzene rings is 1. The van der Waals surface area contributed by atoms with E-state index in [1.54, 1.807) is 25.1 Å². The third kappa shape index (κ3) is 6.40. The first-order valence-electron chi connectivity index (χ1n) is 15.7. The maximum atomic E-state index is 14.2. The van der Waals surface area contributed by atoms with Crippen molar-refractivity contribution in [3.8, 4) is 16.4 Å². The van der Waals surface area contributed by atoms with Crippen molar-refractivity contribution in [2.45, 2.75) is 71.0 Å². The van der Waals surface area contributed by atoms with Gasteiger partial charge in [-0.2, -0.15) is 18.3 Å². The van der Waals surface area contributed by atoms with Crippen LogP contribution < -0.4 is 5.32 Å². The maximum Gasteiger partial charge on any atom is 0.417 e. The summed E-state index contributed by atoms with van der Waals surface area (Å²) in [5, 5.41) is 18.1. The van der Waals surface area contributed by atoms with Gasteiger partial charge in [0.05, 0.1) is 28.0 Å². The zero-order valence-electron chi connectivity index (χ0n) is 25.7. The van der Waals surface area contributed by atoms with Gasteiger partial charge >= 0.3 is 12.1 Å². The van der Waals surface area contributed by atoms with Crippen LogP contribution in [0.25, 0.3) is 16.4 Å². The number of anilines is 1. The zero-order chi connectivity index (χ0) is 32.6. The zero-order valence-corrected chi connectivity index (χ0v) is 26.5. The van der Waals surface area contributed by atoms with Gasteiger partial charge in [0.15, 0.2) is 5.82 Å². The van der Waals surface area contributed by atoms with Gasteiger partial charge in [-0.3, -0.25) is 4.79 Å². The molecule has 4 aromatic rings. The lowest BCUT2D eigenvalue weighted by Gasteiger charge is -2.33. The summed E-state index contributed by atoms with van der Waals surface area (Å²) in [5.41, 5.74) is 3.37. The Labute approximate surface area is 269 Å². The Morgan fingerprint density at radius 2 is 1.83 bits per heavy atom. The highest BCUT2D eigenvalue weighted by atomic mass is 32.1. The van der Waals surface area contributed by atoms with E-state index in [9.17, 15) is 27.9 Å². The predicted molar refractivity (Wildman–Crippen MR) is 170 cm³/mol. The fourth-order valence-electron chi connectivity index (χ4n) is 6.38. The predicted octanol–water partition coefficient (Wildman–Crippen LogP) is 7.57. The summed E-state index contributed by atoms with van der Waals surface area (Å²) in [6.45, 7) is 5.35. The minimum absolute atomic E-state index is 0.0571. The van der Waals surface area contributed by atoms with Crippen LogP contribution in [0.1, 0.15) is 83.8 Å². The van der Waals surface area contributed by atoms with Gasteiger partial charge in [-0.05, 0) is 79.8 Å². The van der Waals surface area contributed by atoms with Gasteiger partial charge in [0.1, 0.15) is 5.56 Å². The van der Waals surface area contributed by atoms with Crippen molar-refractivity contribution in [1.82, 2.24) is 19.7 Å². The van der Waals surface area contributed by atoms with E-state index in [1.807, 2.05) is 17.0 Å². The van der Waals surface area contributed by atoms with E-state index in [-0.39, 0.29) is 23.6 Å². The summed E-state index contributed by atoms with van der Waals surface area (Å²) in [6.07, 6.45) is 1.72. The van der Waals surface area contributed by atoms with Crippen LogP contribution in [0.15, 0.2) is 48.0 Å². The van der Waals surface area contributed by atoms with Crippen molar-refractivity contribution in [2.24, 2.45) is 5.92 Å². The fourth-order valence-corrected chi connectivity index (χ4v) is 7.45. The first kappa shape index (κ1) is 31.8. The molecule has 0 spiro atoms. The number of carboxylic acid groups (broad SMARTS) is 1. The van der Waals surface area contributed by atoms with Gasteiger partial charge in [0.2, 0.25) is 5.91 Å². The number of piperidine rings is 1. The molecule has 12 heteroatoms. The van der Waals surface area contributed by atoms with E-state index in [2.05, 4.69) is 28.4 Å². The summed E-state index contributed by atoms with van der Waals surface area (Å²) in [6, 6.07) is 11.0. The molecule has 1 aliphatic carbocycles. The number of halogens is 3. The number of hydrogen-bond acceptors (Lipinski definition) is 6. The molecule has 0 bridgehead atoms. The molecule has 2 fully saturated rings. The van der Waals surface area contributed by atoms with Gasteiger partial charge < -0.3 is 15.3 Å². The molecule has 3 aromatic heterocycles. The molecule has 2 aliphatic rings. The number of thiophene rings is 1. The normalized spacial score (nSPS) is 15.7. The molecule has 1 saturated carbocycles. The number of rotatable bonds is 10. The average Bonchev–Trinajstić information content (AvgIpc) is 3.65. The van der Waals surface area contributed by atoms with Crippen LogP contribution in [-0.4, -0.2) is 49.7 Å². The van der Waals surface area contributed by atoms with Crippen LogP contribution in [0.3, 0.4) is 0 Å². The van der Waals surface area contributed by atoms with E-state index >= 15 is 0 Å². The number of pyridine rings is 1. The minimum Gasteiger partial charge on any atom is -0.478 e. The summed E-state index contributed by atoms with van der Waals surface area (Å²) in [7, 11) is 0. The fraction of sp³-hybridized carbons (Fsp3) is 0.412. The number of carbonyl (C=O) groups excluding carboxylic acids is 1. The molecular formula is C34H36F3N5O3S. The molecule has 1 saturated heterocycles. The highest BCUT2D eigenvalue weighted by Crippen LogP contribution is 2.42. The largest absolute Gasteiger partial charge is 0.478 e. The first-order chi connectivity index (χ1) is 22.1. The molecule has 1 aromatic carbocycles. The molecule has 6 rings (SSSR count). The van der Waals surface area contributed by atoms with Crippen molar-refractivity contribution in [1.29, 1.82) is 0 Å². The molecule has 0 radical (unpaired) electrons. The van der Waals surface area contributed by atoms with Crippen LogP contribution >= 0.6 is 11.3 Å². The number of aromatic nitrogens is 3. The lowest BCUT2D eigenvalue weighted by Crippen LogP contribution is -2.38. The molecule has 46 heavy (non-hydrogen) atoms. The van der Waals surface area contributed by atoms with E-state index < -0.39 is 17.7 Å². The second-order valence-electron chi connectivity index (χ2n) is 11.9. The van der Waals surface area contributed by atoms with Crippen LogP contribution in [0.2, 0.25) is 0 Å². The van der Waals surface area contributed by atoms with E-state index in [0.29, 0.717) is 40.3 Å². The standard InChI is InChI=1S/C34H36F3N5O3S/c1-3-20-16-23(10-11-24(20)21-12-14-41(15-13-21)32(43)22-8-9-22)38-17-25-27(34(35,36)37)19-46-31(25)28-6-5-7-30(40-28)42-29(4-2)26(18-39-42)33(44)45/h5-7,10-11,16,18-19,21-22,38H,3-4,8-9,12-15,17H2,1-2H3,(H,44,45). The summed E-state index contributed by atoms with van der Waals surface area (Å²) in [5.74, 6) is 0.0905. The Balaban J connectivity index is 1.23. The Bertz CT molecular complexity index is 1750. The van der Waals surface area contributed by atoms with E-state index in [1.165, 1.54) is 16.4 Å². The van der Waals surface area contributed by atoms with Crippen LogP contribution in [0.4, 0.5) is 18.9 Å². The molecular weight excluding hydrogens is 615 g/mol. The molecule has 242 valence electrons. The van der Waals surface area contributed by atoms with Crippen molar-refractivity contribution >= 4 is 28.9 Å². The third-order valence-electron chi connectivity index (χ3n) is 8.98. The van der Waals surface area contributed by atoms with Gasteiger partial charge in [0, 0.05) is 42.2 Å². The molecule has 0 atom stereocenters. The third-order valence-corrected chi connectivity index (χ3v) is 10.0. The SMILES string of the molecule is CCc1cc(NCc2c(C(F)(F)F)csc2-c2cccc(-n3ncc(C(=O)O)c3CC)n2)ccc1C1CCN(C(=O)C2CC2)CC1. The van der Waals surface area contributed by atoms with Gasteiger partial charge in [-0.25, -0.2) is 14.5 Å². The number of nitrogens with one attached hydrogen (secondary N) is 1. The average molecular weight is 652 g/mol. The monoisotopic (exact) mass is 651 g/mol. The van der Waals surface area contributed by atoms with Gasteiger partial charge in [0.25, 0.3) is 0 Å². The van der Waals surface area contributed by atoms with Crippen molar-refractivity contribution in [3.05, 3.63) is 81.5 Å². The van der Waals surface area contributed by atoms with E-state index in [0.717, 1.165) is 73.2 Å². The highest BCUT2D eigenvalue weighted by molar-refractivity contribution is 7.13. The number of nitrogens with zero attached hydrogens (tertiary/aromatic N) is 4. The van der Waals surface area contributed by atoms with E-state index in [4.69, 9.17) is 0 Å². The Morgan fingerprint density at radius 3 is 2.48 bits per heavy atom. The summed E-state index contributed by atoms with van der Waals surface area (Å²) >= 11 is 0.978. The quantitative estimate of drug-likeness (QED) is 0.184. The van der Waals surface area contributed by atoms with Crippen molar-refractivity contribution in [2.75, 3.05) is 18.4 Å². The smallest absolute Gasteiger partial charge is 0.417 e. The molecule has 8 nitrogen and oxygen atoms in total. The van der Waals surface area contributed by atoms with Crippen LogP contribution in [0.5, 0.6) is 0 Å². The van der Waals surface area contributed by atoms with Crippen molar-refractivity contribution < 1.29 is 27.9 Å². The molecule has 1 aliphatic heterocycles. The molecule has 2 N–H and O–H groups in total. The second kappa shape index (κ2) is 12.9. The van der Waals surface area contributed by atoms with Gasteiger partial charge in [-0.15, -0.1) is 11.3 Å². The maximum absolute atomic E-state index is 14.2. The Kier molecular flexibility index (Phi) is 8.91. The lowest BCUT2D eigenvalue weighted by molar-refractivity contribution is -0.137. The highest BCUT2D eigenvalue weighted by Gasteiger charge is 2.37. The number of carboxylic acids is 1. The summed E-state index contributed by atoms with van der Waals surface area (Å²) < 4.78 is 44.0. The lowest BCUT2D eigenvalue weighted by atomic mass is 9.85. The number of aryl methyl sites for hydroxylation is 1. The molecule has 4 heterocycles. The Hall–Kier alpha value is -4.19. The number of hydrogen-bond donors (Lipinski definition) is 2.